The van der Waals surface area contributed by atoms with E-state index in [4.69, 9.17) is 4.74 Å². The highest BCUT2D eigenvalue weighted by Crippen LogP contribution is 2.21. The van der Waals surface area contributed by atoms with Gasteiger partial charge in [-0.15, -0.1) is 0 Å². The van der Waals surface area contributed by atoms with Crippen molar-refractivity contribution in [3.8, 4) is 11.8 Å². The van der Waals surface area contributed by atoms with Crippen molar-refractivity contribution in [1.82, 2.24) is 9.97 Å². The van der Waals surface area contributed by atoms with E-state index in [1.54, 1.807) is 0 Å². The van der Waals surface area contributed by atoms with Gasteiger partial charge in [-0.1, -0.05) is 54.6 Å². The van der Waals surface area contributed by atoms with Crippen LogP contribution in [0.5, 0.6) is 5.75 Å². The van der Waals surface area contributed by atoms with Gasteiger partial charge in [0.1, 0.15) is 24.3 Å². The molecule has 0 saturated carbocycles. The first-order valence-electron chi connectivity index (χ1n) is 8.65. The second kappa shape index (κ2) is 7.59. The molecule has 4 rings (SSSR count). The number of aromatic nitrogens is 2. The third kappa shape index (κ3) is 3.88. The Balaban J connectivity index is 1.51. The van der Waals surface area contributed by atoms with Crippen LogP contribution in [0.4, 0.5) is 0 Å². The summed E-state index contributed by atoms with van der Waals surface area (Å²) in [4.78, 5) is 7.68. The van der Waals surface area contributed by atoms with Crippen molar-refractivity contribution in [2.45, 2.75) is 6.61 Å². The van der Waals surface area contributed by atoms with Gasteiger partial charge < -0.3 is 9.72 Å². The zero-order valence-corrected chi connectivity index (χ0v) is 14.6. The van der Waals surface area contributed by atoms with Crippen LogP contribution >= 0.6 is 0 Å². The molecule has 0 bridgehead atoms. The van der Waals surface area contributed by atoms with Gasteiger partial charge in [0.15, 0.2) is 0 Å². The van der Waals surface area contributed by atoms with Crippen LogP contribution in [0, 0.1) is 11.3 Å². The highest BCUT2D eigenvalue weighted by atomic mass is 16.5. The molecule has 1 aromatic heterocycles. The number of hydrogen-bond acceptors (Lipinski definition) is 3. The zero-order valence-electron chi connectivity index (χ0n) is 14.6. The summed E-state index contributed by atoms with van der Waals surface area (Å²) in [5.41, 5.74) is 4.29. The summed E-state index contributed by atoms with van der Waals surface area (Å²) in [7, 11) is 0. The van der Waals surface area contributed by atoms with E-state index in [1.165, 1.54) is 0 Å². The van der Waals surface area contributed by atoms with E-state index in [0.29, 0.717) is 18.0 Å². The third-order valence-electron chi connectivity index (χ3n) is 4.20. The van der Waals surface area contributed by atoms with Crippen LogP contribution in [-0.4, -0.2) is 9.97 Å². The molecule has 0 radical (unpaired) electrons. The van der Waals surface area contributed by atoms with Crippen molar-refractivity contribution in [1.29, 1.82) is 5.26 Å². The van der Waals surface area contributed by atoms with Crippen molar-refractivity contribution in [3.05, 3.63) is 95.8 Å². The van der Waals surface area contributed by atoms with Crippen LogP contribution in [-0.2, 0) is 6.61 Å². The molecule has 0 saturated heterocycles. The van der Waals surface area contributed by atoms with Crippen LogP contribution in [0.1, 0.15) is 17.0 Å². The number of allylic oxidation sites excluding steroid dienone is 1. The smallest absolute Gasteiger partial charge is 0.149 e. The van der Waals surface area contributed by atoms with Gasteiger partial charge in [-0.2, -0.15) is 5.26 Å². The Morgan fingerprint density at radius 3 is 2.44 bits per heavy atom. The maximum Gasteiger partial charge on any atom is 0.149 e. The normalized spacial score (nSPS) is 11.3. The lowest BCUT2D eigenvalue weighted by Gasteiger charge is -2.06. The predicted octanol–water partition coefficient (Wildman–Crippen LogP) is 5.21. The van der Waals surface area contributed by atoms with E-state index in [2.05, 4.69) is 16.0 Å². The van der Waals surface area contributed by atoms with Crippen molar-refractivity contribution >= 4 is 22.7 Å². The second-order valence-corrected chi connectivity index (χ2v) is 6.12. The number of aromatic amines is 1. The molecule has 0 unspecified atom stereocenters. The highest BCUT2D eigenvalue weighted by Gasteiger charge is 2.07. The largest absolute Gasteiger partial charge is 0.489 e. The van der Waals surface area contributed by atoms with Gasteiger partial charge in [-0.05, 0) is 41.5 Å². The molecular weight excluding hydrogens is 334 g/mol. The minimum absolute atomic E-state index is 0.490. The number of ether oxygens (including phenoxy) is 1. The summed E-state index contributed by atoms with van der Waals surface area (Å²) in [6, 6.07) is 27.7. The lowest BCUT2D eigenvalue weighted by atomic mass is 10.1. The summed E-state index contributed by atoms with van der Waals surface area (Å²) < 4.78 is 5.80. The summed E-state index contributed by atoms with van der Waals surface area (Å²) >= 11 is 0. The van der Waals surface area contributed by atoms with Gasteiger partial charge in [0, 0.05) is 0 Å². The number of benzene rings is 3. The topological polar surface area (TPSA) is 61.7 Å². The molecule has 0 amide bonds. The number of nitriles is 1. The first kappa shape index (κ1) is 16.6. The van der Waals surface area contributed by atoms with Gasteiger partial charge in [0.25, 0.3) is 0 Å². The standard InChI is InChI=1S/C23H17N3O/c24-15-19(23-25-21-8-4-5-9-22(21)26-23)14-17-10-12-20(13-11-17)27-16-18-6-2-1-3-7-18/h1-14H,16H2,(H,25,26)/b19-14-. The summed E-state index contributed by atoms with van der Waals surface area (Å²) in [6.07, 6.45) is 1.82. The van der Waals surface area contributed by atoms with Crippen LogP contribution in [0.2, 0.25) is 0 Å². The fourth-order valence-corrected chi connectivity index (χ4v) is 2.80. The fraction of sp³-hybridized carbons (Fsp3) is 0.0435. The average molecular weight is 351 g/mol. The van der Waals surface area contributed by atoms with Gasteiger partial charge in [0.2, 0.25) is 0 Å². The molecule has 130 valence electrons. The quantitative estimate of drug-likeness (QED) is 0.502. The van der Waals surface area contributed by atoms with Crippen molar-refractivity contribution < 1.29 is 4.74 Å². The van der Waals surface area contributed by atoms with Crippen molar-refractivity contribution in [2.75, 3.05) is 0 Å². The van der Waals surface area contributed by atoms with E-state index in [9.17, 15) is 5.26 Å². The monoisotopic (exact) mass is 351 g/mol. The summed E-state index contributed by atoms with van der Waals surface area (Å²) in [5.74, 6) is 1.36. The van der Waals surface area contributed by atoms with E-state index in [1.807, 2.05) is 84.9 Å². The first-order valence-corrected chi connectivity index (χ1v) is 8.65. The van der Waals surface area contributed by atoms with Crippen molar-refractivity contribution in [3.63, 3.8) is 0 Å². The number of hydrogen-bond donors (Lipinski definition) is 1. The molecule has 0 aliphatic rings. The number of nitrogens with zero attached hydrogens (tertiary/aromatic N) is 2. The number of para-hydroxylation sites is 2. The summed E-state index contributed by atoms with van der Waals surface area (Å²) in [6.45, 7) is 0.526. The minimum Gasteiger partial charge on any atom is -0.489 e. The number of imidazole rings is 1. The van der Waals surface area contributed by atoms with Gasteiger partial charge in [0.05, 0.1) is 16.6 Å². The molecule has 4 aromatic rings. The molecule has 3 aromatic carbocycles. The van der Waals surface area contributed by atoms with Crippen LogP contribution in [0.15, 0.2) is 78.9 Å². The van der Waals surface area contributed by atoms with E-state index in [-0.39, 0.29) is 0 Å². The molecule has 0 aliphatic carbocycles. The van der Waals surface area contributed by atoms with E-state index < -0.39 is 0 Å². The fourth-order valence-electron chi connectivity index (χ4n) is 2.80. The van der Waals surface area contributed by atoms with Crippen LogP contribution in [0.25, 0.3) is 22.7 Å². The first-order chi connectivity index (χ1) is 13.3. The Hall–Kier alpha value is -3.84. The number of fused-ring (bicyclic) bond motifs is 1. The molecule has 0 atom stereocenters. The Kier molecular flexibility index (Phi) is 4.67. The Morgan fingerprint density at radius 2 is 1.70 bits per heavy atom. The average Bonchev–Trinajstić information content (AvgIpc) is 3.16. The SMILES string of the molecule is N#C/C(=C/c1ccc(OCc2ccccc2)cc1)c1nc2ccccc2[nH]1. The Morgan fingerprint density at radius 1 is 0.963 bits per heavy atom. The minimum atomic E-state index is 0.490. The van der Waals surface area contributed by atoms with Gasteiger partial charge >= 0.3 is 0 Å². The zero-order chi connectivity index (χ0) is 18.5. The van der Waals surface area contributed by atoms with E-state index >= 15 is 0 Å². The molecule has 1 heterocycles. The Bertz CT molecular complexity index is 1090. The Labute approximate surface area is 157 Å². The molecule has 4 nitrogen and oxygen atoms in total. The van der Waals surface area contributed by atoms with Crippen LogP contribution in [0.3, 0.4) is 0 Å². The number of H-pyrrole nitrogens is 1. The maximum atomic E-state index is 9.53. The molecule has 4 heteroatoms. The molecular formula is C23H17N3O. The molecule has 27 heavy (non-hydrogen) atoms. The maximum absolute atomic E-state index is 9.53. The number of nitrogens with one attached hydrogen (secondary N) is 1. The van der Waals surface area contributed by atoms with E-state index in [0.717, 1.165) is 27.9 Å². The number of rotatable bonds is 5. The third-order valence-corrected chi connectivity index (χ3v) is 4.20. The second-order valence-electron chi connectivity index (χ2n) is 6.12. The van der Waals surface area contributed by atoms with Gasteiger partial charge in [-0.3, -0.25) is 0 Å². The van der Waals surface area contributed by atoms with Crippen molar-refractivity contribution in [2.24, 2.45) is 0 Å². The molecule has 0 aliphatic heterocycles. The van der Waals surface area contributed by atoms with Crippen LogP contribution < -0.4 is 4.74 Å². The van der Waals surface area contributed by atoms with Gasteiger partial charge in [-0.25, -0.2) is 4.98 Å². The lowest BCUT2D eigenvalue weighted by Crippen LogP contribution is -1.94. The lowest BCUT2D eigenvalue weighted by molar-refractivity contribution is 0.306. The molecule has 0 spiro atoms. The highest BCUT2D eigenvalue weighted by molar-refractivity contribution is 5.90. The molecule has 1 N–H and O–H groups in total. The summed E-state index contributed by atoms with van der Waals surface area (Å²) in [5, 5.41) is 9.53. The molecule has 0 fully saturated rings. The predicted molar refractivity (Wildman–Crippen MR) is 107 cm³/mol.